The first-order valence-corrected chi connectivity index (χ1v) is 9.08. The number of hydrogen-bond donors (Lipinski definition) is 1. The Balaban J connectivity index is 1.39. The highest BCUT2D eigenvalue weighted by Gasteiger charge is 2.17. The summed E-state index contributed by atoms with van der Waals surface area (Å²) in [6.07, 6.45) is 7.79. The largest absolute Gasteiger partial charge is 0.420 e. The lowest BCUT2D eigenvalue weighted by Crippen LogP contribution is -2.25. The second kappa shape index (κ2) is 7.61. The fraction of sp³-hybridized carbons (Fsp3) is 0.368. The highest BCUT2D eigenvalue weighted by Crippen LogP contribution is 2.19. The molecule has 0 saturated carbocycles. The molecule has 0 aliphatic heterocycles. The van der Waals surface area contributed by atoms with Gasteiger partial charge in [-0.3, -0.25) is 9.36 Å². The number of nitrogens with one attached hydrogen (secondary N) is 1. The molecule has 3 aromatic rings. The van der Waals surface area contributed by atoms with Crippen LogP contribution in [0, 0.1) is 0 Å². The molecule has 8 nitrogen and oxygen atoms in total. The Hall–Kier alpha value is -3.16. The second-order valence-corrected chi connectivity index (χ2v) is 6.55. The second-order valence-electron chi connectivity index (χ2n) is 6.55. The molecule has 0 bridgehead atoms. The predicted molar refractivity (Wildman–Crippen MR) is 97.4 cm³/mol. The van der Waals surface area contributed by atoms with Gasteiger partial charge in [-0.2, -0.15) is 4.98 Å². The molecule has 1 aliphatic rings. The number of amides is 1. The van der Waals surface area contributed by atoms with E-state index in [0.717, 1.165) is 19.3 Å². The number of hydrogen-bond acceptors (Lipinski definition) is 6. The maximum Gasteiger partial charge on any atom is 0.420 e. The third-order valence-electron chi connectivity index (χ3n) is 4.65. The number of oxazole rings is 1. The first-order chi connectivity index (χ1) is 13.2. The number of allylic oxidation sites excluding steroid dienone is 1. The fourth-order valence-electron chi connectivity index (χ4n) is 3.26. The number of carbonyl (C=O) groups excluding carboxylic acids is 1. The van der Waals surface area contributed by atoms with E-state index >= 15 is 0 Å². The first-order valence-electron chi connectivity index (χ1n) is 9.08. The molecule has 4 rings (SSSR count). The maximum absolute atomic E-state index is 12.2. The summed E-state index contributed by atoms with van der Waals surface area (Å²) in [6.45, 7) is 0.605. The summed E-state index contributed by atoms with van der Waals surface area (Å²) in [7, 11) is 0. The van der Waals surface area contributed by atoms with Crippen molar-refractivity contribution in [2.24, 2.45) is 0 Å². The van der Waals surface area contributed by atoms with E-state index in [1.165, 1.54) is 23.0 Å². The summed E-state index contributed by atoms with van der Waals surface area (Å²) in [4.78, 5) is 28.3. The molecule has 140 valence electrons. The van der Waals surface area contributed by atoms with Gasteiger partial charge in [-0.15, -0.1) is 0 Å². The zero-order valence-corrected chi connectivity index (χ0v) is 14.8. The van der Waals surface area contributed by atoms with Gasteiger partial charge in [0.05, 0.1) is 12.1 Å². The van der Waals surface area contributed by atoms with Crippen LogP contribution >= 0.6 is 0 Å². The molecule has 0 saturated heterocycles. The van der Waals surface area contributed by atoms with Gasteiger partial charge in [0.1, 0.15) is 0 Å². The molecule has 0 radical (unpaired) electrons. The van der Waals surface area contributed by atoms with Crippen molar-refractivity contribution in [2.75, 3.05) is 6.54 Å². The average Bonchev–Trinajstić information content (AvgIpc) is 3.28. The summed E-state index contributed by atoms with van der Waals surface area (Å²) >= 11 is 0. The van der Waals surface area contributed by atoms with Gasteiger partial charge in [0.25, 0.3) is 0 Å². The Labute approximate surface area is 154 Å². The number of benzene rings is 1. The molecule has 0 fully saturated rings. The molecule has 1 aromatic carbocycles. The van der Waals surface area contributed by atoms with Crippen LogP contribution < -0.4 is 11.1 Å². The molecule has 1 amide bonds. The Morgan fingerprint density at radius 1 is 1.26 bits per heavy atom. The summed E-state index contributed by atoms with van der Waals surface area (Å²) in [5, 5.41) is 6.59. The molecule has 1 aliphatic carbocycles. The van der Waals surface area contributed by atoms with Crippen LogP contribution in [0.2, 0.25) is 0 Å². The highest BCUT2D eigenvalue weighted by molar-refractivity contribution is 5.89. The molecular formula is C19H20N4O4. The van der Waals surface area contributed by atoms with Crippen LogP contribution in [-0.2, 0) is 6.54 Å². The lowest BCUT2D eigenvalue weighted by Gasteiger charge is -2.12. The SMILES string of the molecule is O=C(NCCC1=CCCCC1)c1nc(Cn2c(=O)oc3ccccc32)no1. The lowest BCUT2D eigenvalue weighted by atomic mass is 9.97. The van der Waals surface area contributed by atoms with E-state index in [0.29, 0.717) is 17.6 Å². The zero-order chi connectivity index (χ0) is 18.6. The van der Waals surface area contributed by atoms with Gasteiger partial charge >= 0.3 is 17.6 Å². The van der Waals surface area contributed by atoms with Crippen LogP contribution in [0.15, 0.2) is 49.6 Å². The van der Waals surface area contributed by atoms with Gasteiger partial charge in [0.2, 0.25) is 0 Å². The Morgan fingerprint density at radius 3 is 3.00 bits per heavy atom. The van der Waals surface area contributed by atoms with Crippen molar-refractivity contribution in [3.63, 3.8) is 0 Å². The molecule has 1 N–H and O–H groups in total. The van der Waals surface area contributed by atoms with Gasteiger partial charge in [0, 0.05) is 6.54 Å². The average molecular weight is 368 g/mol. The predicted octanol–water partition coefficient (Wildman–Crippen LogP) is 2.65. The van der Waals surface area contributed by atoms with Crippen molar-refractivity contribution in [1.29, 1.82) is 0 Å². The summed E-state index contributed by atoms with van der Waals surface area (Å²) < 4.78 is 11.6. The third kappa shape index (κ3) is 3.84. The van der Waals surface area contributed by atoms with Crippen LogP contribution in [0.3, 0.4) is 0 Å². The number of fused-ring (bicyclic) bond motifs is 1. The van der Waals surface area contributed by atoms with Crippen molar-refractivity contribution >= 4 is 17.0 Å². The van der Waals surface area contributed by atoms with Gasteiger partial charge in [0.15, 0.2) is 11.4 Å². The normalized spacial score (nSPS) is 14.3. The van der Waals surface area contributed by atoms with Crippen molar-refractivity contribution in [2.45, 2.75) is 38.6 Å². The Kier molecular flexibility index (Phi) is 4.86. The first kappa shape index (κ1) is 17.3. The van der Waals surface area contributed by atoms with E-state index in [9.17, 15) is 9.59 Å². The van der Waals surface area contributed by atoms with Gasteiger partial charge in [-0.1, -0.05) is 28.9 Å². The molecule has 27 heavy (non-hydrogen) atoms. The lowest BCUT2D eigenvalue weighted by molar-refractivity contribution is 0.0910. The summed E-state index contributed by atoms with van der Waals surface area (Å²) in [5.74, 6) is -0.783. The maximum atomic E-state index is 12.2. The van der Waals surface area contributed by atoms with Gasteiger partial charge in [-0.05, 0) is 44.2 Å². The van der Waals surface area contributed by atoms with E-state index in [2.05, 4.69) is 21.5 Å². The standard InChI is InChI=1S/C19H20N4O4/c24-17(20-11-10-13-6-2-1-3-7-13)18-21-16(22-27-18)12-23-14-8-4-5-9-15(14)26-19(23)25/h4-6,8-9H,1-3,7,10-12H2,(H,20,24). The van der Waals surface area contributed by atoms with Crippen molar-refractivity contribution < 1.29 is 13.7 Å². The van der Waals surface area contributed by atoms with Crippen LogP contribution in [0.1, 0.15) is 48.6 Å². The third-order valence-corrected chi connectivity index (χ3v) is 4.65. The smallest absolute Gasteiger partial charge is 0.408 e. The Morgan fingerprint density at radius 2 is 2.15 bits per heavy atom. The molecular weight excluding hydrogens is 348 g/mol. The van der Waals surface area contributed by atoms with E-state index in [1.54, 1.807) is 18.2 Å². The summed E-state index contributed by atoms with van der Waals surface area (Å²) in [5.41, 5.74) is 2.51. The number of rotatable bonds is 6. The van der Waals surface area contributed by atoms with Crippen LogP contribution in [0.25, 0.3) is 11.1 Å². The summed E-state index contributed by atoms with van der Waals surface area (Å²) in [6, 6.07) is 7.08. The zero-order valence-electron chi connectivity index (χ0n) is 14.8. The topological polar surface area (TPSA) is 103 Å². The van der Waals surface area contributed by atoms with E-state index in [1.807, 2.05) is 6.07 Å². The van der Waals surface area contributed by atoms with Crippen LogP contribution in [0.4, 0.5) is 0 Å². The quantitative estimate of drug-likeness (QED) is 0.671. The van der Waals surface area contributed by atoms with E-state index in [4.69, 9.17) is 8.94 Å². The molecule has 0 spiro atoms. The van der Waals surface area contributed by atoms with E-state index in [-0.39, 0.29) is 18.3 Å². The molecule has 0 unspecified atom stereocenters. The van der Waals surface area contributed by atoms with E-state index < -0.39 is 11.7 Å². The minimum Gasteiger partial charge on any atom is -0.408 e. The molecule has 2 heterocycles. The number of aromatic nitrogens is 3. The van der Waals surface area contributed by atoms with Gasteiger partial charge in [-0.25, -0.2) is 4.79 Å². The van der Waals surface area contributed by atoms with Gasteiger partial charge < -0.3 is 14.3 Å². The molecule has 0 atom stereocenters. The van der Waals surface area contributed by atoms with Crippen molar-refractivity contribution in [3.8, 4) is 0 Å². The molecule has 2 aromatic heterocycles. The monoisotopic (exact) mass is 368 g/mol. The molecule has 8 heteroatoms. The number of carbonyl (C=O) groups is 1. The Bertz CT molecular complexity index is 1040. The van der Waals surface area contributed by atoms with Crippen LogP contribution in [0.5, 0.6) is 0 Å². The minimum atomic E-state index is -0.507. The van der Waals surface area contributed by atoms with Crippen molar-refractivity contribution in [3.05, 3.63) is 58.2 Å². The minimum absolute atomic E-state index is 0.0690. The highest BCUT2D eigenvalue weighted by atomic mass is 16.5. The number of para-hydroxylation sites is 2. The number of nitrogens with zero attached hydrogens (tertiary/aromatic N) is 3. The van der Waals surface area contributed by atoms with Crippen LogP contribution in [-0.4, -0.2) is 27.2 Å². The van der Waals surface area contributed by atoms with Crippen molar-refractivity contribution in [1.82, 2.24) is 20.0 Å². The fourth-order valence-corrected chi connectivity index (χ4v) is 3.26.